The summed E-state index contributed by atoms with van der Waals surface area (Å²) in [5.74, 6) is 1.03. The molecule has 0 aromatic carbocycles. The summed E-state index contributed by atoms with van der Waals surface area (Å²) in [5.41, 5.74) is 1.24. The number of hydrogen-bond acceptors (Lipinski definition) is 4. The molecule has 1 fully saturated rings. The van der Waals surface area contributed by atoms with E-state index in [9.17, 15) is 0 Å². The molecule has 0 bridgehead atoms. The molecule has 1 aliphatic heterocycles. The lowest BCUT2D eigenvalue weighted by molar-refractivity contribution is 0.231. The Balaban J connectivity index is 1.95. The van der Waals surface area contributed by atoms with Crippen molar-refractivity contribution in [3.05, 3.63) is 17.5 Å². The minimum Gasteiger partial charge on any atom is -0.361 e. The lowest BCUT2D eigenvalue weighted by Crippen LogP contribution is -2.42. The molecule has 1 N–H and O–H groups in total. The van der Waals surface area contributed by atoms with Crippen LogP contribution in [0.1, 0.15) is 18.2 Å². The van der Waals surface area contributed by atoms with Crippen molar-refractivity contribution in [3.8, 4) is 0 Å². The van der Waals surface area contributed by atoms with Gasteiger partial charge in [0, 0.05) is 44.7 Å². The molecule has 0 radical (unpaired) electrons. The molecule has 4 nitrogen and oxygen atoms in total. The van der Waals surface area contributed by atoms with Crippen LogP contribution in [0.2, 0.25) is 0 Å². The second-order valence-corrected chi connectivity index (χ2v) is 3.65. The van der Waals surface area contributed by atoms with Crippen molar-refractivity contribution >= 4 is 0 Å². The third kappa shape index (κ3) is 2.13. The van der Waals surface area contributed by atoms with Gasteiger partial charge in [0.15, 0.2) is 0 Å². The van der Waals surface area contributed by atoms with Crippen molar-refractivity contribution in [3.63, 3.8) is 0 Å². The molecule has 78 valence electrons. The first-order valence-electron chi connectivity index (χ1n) is 5.25. The maximum atomic E-state index is 5.16. The van der Waals surface area contributed by atoms with E-state index in [4.69, 9.17) is 4.52 Å². The van der Waals surface area contributed by atoms with Crippen LogP contribution >= 0.6 is 0 Å². The van der Waals surface area contributed by atoms with Crippen molar-refractivity contribution in [2.24, 2.45) is 0 Å². The number of hydrogen-bond donors (Lipinski definition) is 1. The topological polar surface area (TPSA) is 41.3 Å². The van der Waals surface area contributed by atoms with Gasteiger partial charge in [0.2, 0.25) is 0 Å². The number of rotatable bonds is 3. The Morgan fingerprint density at radius 3 is 3.00 bits per heavy atom. The van der Waals surface area contributed by atoms with E-state index >= 15 is 0 Å². The smallest absolute Gasteiger partial charge is 0.140 e. The molecular formula is C10H17N3O. The van der Waals surface area contributed by atoms with E-state index in [1.54, 1.807) is 0 Å². The Hall–Kier alpha value is -0.870. The van der Waals surface area contributed by atoms with Crippen LogP contribution in [0.25, 0.3) is 0 Å². The van der Waals surface area contributed by atoms with Crippen molar-refractivity contribution in [2.75, 3.05) is 26.2 Å². The fourth-order valence-electron chi connectivity index (χ4n) is 1.81. The van der Waals surface area contributed by atoms with Gasteiger partial charge in [-0.3, -0.25) is 4.90 Å². The van der Waals surface area contributed by atoms with Gasteiger partial charge in [0.1, 0.15) is 5.76 Å². The first-order valence-corrected chi connectivity index (χ1v) is 5.25. The monoisotopic (exact) mass is 195 g/mol. The number of piperazine rings is 1. The van der Waals surface area contributed by atoms with Gasteiger partial charge in [-0.25, -0.2) is 0 Å². The molecule has 14 heavy (non-hydrogen) atoms. The summed E-state index contributed by atoms with van der Waals surface area (Å²) in [6, 6.07) is 0. The Morgan fingerprint density at radius 2 is 2.29 bits per heavy atom. The molecule has 1 aliphatic rings. The largest absolute Gasteiger partial charge is 0.361 e. The van der Waals surface area contributed by atoms with Crippen LogP contribution in [-0.2, 0) is 13.0 Å². The highest BCUT2D eigenvalue weighted by Crippen LogP contribution is 2.11. The highest BCUT2D eigenvalue weighted by Gasteiger charge is 2.13. The minimum absolute atomic E-state index is 0.932. The minimum atomic E-state index is 0.932. The summed E-state index contributed by atoms with van der Waals surface area (Å²) < 4.78 is 5.16. The summed E-state index contributed by atoms with van der Waals surface area (Å²) in [6.45, 7) is 7.50. The quantitative estimate of drug-likeness (QED) is 0.768. The van der Waals surface area contributed by atoms with Gasteiger partial charge in [-0.05, 0) is 0 Å². The van der Waals surface area contributed by atoms with E-state index in [0.29, 0.717) is 0 Å². The first kappa shape index (κ1) is 9.68. The number of nitrogens with zero attached hydrogens (tertiary/aromatic N) is 2. The maximum Gasteiger partial charge on any atom is 0.140 e. The molecule has 0 atom stereocenters. The first-order chi connectivity index (χ1) is 6.90. The number of nitrogens with one attached hydrogen (secondary N) is 1. The molecule has 0 spiro atoms. The van der Waals surface area contributed by atoms with E-state index in [0.717, 1.165) is 44.9 Å². The molecule has 4 heteroatoms. The van der Waals surface area contributed by atoms with Gasteiger partial charge in [-0.2, -0.15) is 0 Å². The van der Waals surface area contributed by atoms with Crippen molar-refractivity contribution in [2.45, 2.75) is 19.9 Å². The number of aromatic nitrogens is 1. The van der Waals surface area contributed by atoms with E-state index < -0.39 is 0 Å². The van der Waals surface area contributed by atoms with E-state index in [-0.39, 0.29) is 0 Å². The summed E-state index contributed by atoms with van der Waals surface area (Å²) in [6.07, 6.45) is 2.78. The summed E-state index contributed by atoms with van der Waals surface area (Å²) >= 11 is 0. The van der Waals surface area contributed by atoms with Gasteiger partial charge in [0.25, 0.3) is 0 Å². The molecule has 0 unspecified atom stereocenters. The van der Waals surface area contributed by atoms with E-state index in [2.05, 4.69) is 22.3 Å². The van der Waals surface area contributed by atoms with Crippen LogP contribution in [0.5, 0.6) is 0 Å². The van der Waals surface area contributed by atoms with Gasteiger partial charge in [0.05, 0.1) is 6.20 Å². The second-order valence-electron chi connectivity index (χ2n) is 3.65. The molecule has 1 aromatic rings. The van der Waals surface area contributed by atoms with Gasteiger partial charge < -0.3 is 9.84 Å². The lowest BCUT2D eigenvalue weighted by Gasteiger charge is -2.26. The van der Waals surface area contributed by atoms with Crippen LogP contribution in [0.15, 0.2) is 10.7 Å². The SMILES string of the molecule is CCc1oncc1CN1CCNCC1. The van der Waals surface area contributed by atoms with Gasteiger partial charge in [-0.15, -0.1) is 0 Å². The molecule has 2 heterocycles. The van der Waals surface area contributed by atoms with Crippen molar-refractivity contribution < 1.29 is 4.52 Å². The van der Waals surface area contributed by atoms with Crippen LogP contribution < -0.4 is 5.32 Å². The average molecular weight is 195 g/mol. The maximum absolute atomic E-state index is 5.16. The van der Waals surface area contributed by atoms with E-state index in [1.165, 1.54) is 5.56 Å². The van der Waals surface area contributed by atoms with Crippen molar-refractivity contribution in [1.29, 1.82) is 0 Å². The molecular weight excluding hydrogens is 178 g/mol. The average Bonchev–Trinajstić information content (AvgIpc) is 2.67. The highest BCUT2D eigenvalue weighted by atomic mass is 16.5. The predicted molar refractivity (Wildman–Crippen MR) is 54.0 cm³/mol. The highest BCUT2D eigenvalue weighted by molar-refractivity contribution is 5.13. The van der Waals surface area contributed by atoms with Gasteiger partial charge in [-0.1, -0.05) is 12.1 Å². The molecule has 1 aromatic heterocycles. The molecule has 0 aliphatic carbocycles. The molecule has 0 saturated carbocycles. The third-order valence-electron chi connectivity index (χ3n) is 2.65. The summed E-state index contributed by atoms with van der Waals surface area (Å²) in [7, 11) is 0. The normalized spacial score (nSPS) is 18.6. The fourth-order valence-corrected chi connectivity index (χ4v) is 1.81. The summed E-state index contributed by atoms with van der Waals surface area (Å²) in [4.78, 5) is 2.43. The summed E-state index contributed by atoms with van der Waals surface area (Å²) in [5, 5.41) is 7.18. The lowest BCUT2D eigenvalue weighted by atomic mass is 10.2. The van der Waals surface area contributed by atoms with Crippen molar-refractivity contribution in [1.82, 2.24) is 15.4 Å². The molecule has 2 rings (SSSR count). The Bertz CT molecular complexity index is 279. The zero-order valence-corrected chi connectivity index (χ0v) is 8.62. The van der Waals surface area contributed by atoms with Crippen LogP contribution in [0, 0.1) is 0 Å². The fraction of sp³-hybridized carbons (Fsp3) is 0.700. The molecule has 0 amide bonds. The van der Waals surface area contributed by atoms with Crippen LogP contribution in [0.4, 0.5) is 0 Å². The van der Waals surface area contributed by atoms with Crippen LogP contribution in [-0.4, -0.2) is 36.2 Å². The number of aryl methyl sites for hydroxylation is 1. The Kier molecular flexibility index (Phi) is 3.16. The zero-order valence-electron chi connectivity index (χ0n) is 8.62. The van der Waals surface area contributed by atoms with Gasteiger partial charge >= 0.3 is 0 Å². The third-order valence-corrected chi connectivity index (χ3v) is 2.65. The standard InChI is InChI=1S/C10H17N3O/c1-2-10-9(7-12-14-10)8-13-5-3-11-4-6-13/h7,11H,2-6,8H2,1H3. The zero-order chi connectivity index (χ0) is 9.80. The Morgan fingerprint density at radius 1 is 1.50 bits per heavy atom. The van der Waals surface area contributed by atoms with E-state index in [1.807, 2.05) is 6.20 Å². The Labute approximate surface area is 84.3 Å². The second kappa shape index (κ2) is 4.57. The van der Waals surface area contributed by atoms with Crippen LogP contribution in [0.3, 0.4) is 0 Å². The molecule has 1 saturated heterocycles. The predicted octanol–water partition coefficient (Wildman–Crippen LogP) is 0.642.